The van der Waals surface area contributed by atoms with E-state index in [1.165, 1.54) is 10.5 Å². The number of sulfonamides is 1. The van der Waals surface area contributed by atoms with E-state index in [4.69, 9.17) is 4.74 Å². The Morgan fingerprint density at radius 1 is 1.48 bits per heavy atom. The van der Waals surface area contributed by atoms with E-state index in [9.17, 15) is 13.2 Å². The van der Waals surface area contributed by atoms with Gasteiger partial charge in [0, 0.05) is 6.54 Å². The first-order chi connectivity index (χ1) is 9.61. The van der Waals surface area contributed by atoms with Gasteiger partial charge in [0.1, 0.15) is 11.6 Å². The highest BCUT2D eigenvalue weighted by atomic mass is 32.2. The Kier molecular flexibility index (Phi) is 4.41. The van der Waals surface area contributed by atoms with Crippen LogP contribution in [0.3, 0.4) is 0 Å². The average Bonchev–Trinajstić information content (AvgIpc) is 2.94. The third-order valence-electron chi connectivity index (χ3n) is 3.05. The fourth-order valence-corrected chi connectivity index (χ4v) is 5.10. The summed E-state index contributed by atoms with van der Waals surface area (Å²) in [7, 11) is -3.68. The monoisotopic (exact) mass is 332 g/mol. The molecule has 0 aliphatic carbocycles. The van der Waals surface area contributed by atoms with Crippen LogP contribution in [0.15, 0.2) is 10.4 Å². The number of rotatable bonds is 3. The highest BCUT2D eigenvalue weighted by Crippen LogP contribution is 2.30. The molecule has 0 aromatic carbocycles. The van der Waals surface area contributed by atoms with Gasteiger partial charge in [0.25, 0.3) is 10.0 Å². The van der Waals surface area contributed by atoms with Crippen LogP contribution >= 0.6 is 11.3 Å². The van der Waals surface area contributed by atoms with Crippen molar-refractivity contribution in [1.82, 2.24) is 9.29 Å². The molecule has 1 fully saturated rings. The number of esters is 1. The number of hydrogen-bond acceptors (Lipinski definition) is 6. The molecule has 0 N–H and O–H groups in total. The first-order valence-electron chi connectivity index (χ1n) is 6.78. The van der Waals surface area contributed by atoms with Crippen molar-refractivity contribution in [3.8, 4) is 0 Å². The van der Waals surface area contributed by atoms with E-state index in [2.05, 4.69) is 4.98 Å². The molecule has 21 heavy (non-hydrogen) atoms. The minimum absolute atomic E-state index is 0.176. The molecule has 1 atom stereocenters. The molecular weight excluding hydrogens is 312 g/mol. The molecule has 2 rings (SSSR count). The van der Waals surface area contributed by atoms with Crippen LogP contribution in [0.5, 0.6) is 0 Å². The quantitative estimate of drug-likeness (QED) is 0.791. The summed E-state index contributed by atoms with van der Waals surface area (Å²) < 4.78 is 32.0. The summed E-state index contributed by atoms with van der Waals surface area (Å²) in [4.78, 5) is 16.2. The third kappa shape index (κ3) is 3.61. The molecule has 0 saturated carbocycles. The largest absolute Gasteiger partial charge is 0.459 e. The smallest absolute Gasteiger partial charge is 0.324 e. The lowest BCUT2D eigenvalue weighted by atomic mass is 10.2. The van der Waals surface area contributed by atoms with Crippen molar-refractivity contribution in [2.75, 3.05) is 6.54 Å². The van der Waals surface area contributed by atoms with E-state index in [-0.39, 0.29) is 4.21 Å². The highest BCUT2D eigenvalue weighted by molar-refractivity contribution is 7.91. The Morgan fingerprint density at radius 3 is 2.67 bits per heavy atom. The van der Waals surface area contributed by atoms with Crippen LogP contribution in [0.4, 0.5) is 0 Å². The van der Waals surface area contributed by atoms with Crippen LogP contribution in [0.25, 0.3) is 0 Å². The maximum atomic E-state index is 12.6. The Morgan fingerprint density at radius 2 is 2.14 bits per heavy atom. The number of aryl methyl sites for hydroxylation is 1. The number of ether oxygens (including phenoxy) is 1. The molecule has 8 heteroatoms. The summed E-state index contributed by atoms with van der Waals surface area (Å²) in [6.07, 6.45) is 2.49. The number of nitrogens with zero attached hydrogens (tertiary/aromatic N) is 2. The van der Waals surface area contributed by atoms with E-state index >= 15 is 0 Å². The molecule has 1 aromatic rings. The Labute approximate surface area is 129 Å². The lowest BCUT2D eigenvalue weighted by Gasteiger charge is -2.26. The van der Waals surface area contributed by atoms with Crippen LogP contribution < -0.4 is 0 Å². The van der Waals surface area contributed by atoms with Gasteiger partial charge in [-0.25, -0.2) is 13.4 Å². The molecule has 2 heterocycles. The highest BCUT2D eigenvalue weighted by Gasteiger charge is 2.42. The van der Waals surface area contributed by atoms with Crippen LogP contribution in [0.1, 0.15) is 38.6 Å². The molecule has 1 saturated heterocycles. The van der Waals surface area contributed by atoms with Gasteiger partial charge in [0.05, 0.1) is 11.2 Å². The maximum absolute atomic E-state index is 12.6. The second-order valence-corrected chi connectivity index (χ2v) is 9.36. The molecular formula is C13H20N2O4S2. The number of carbonyl (C=O) groups excluding carboxylic acids is 1. The normalized spacial score (nSPS) is 20.7. The number of hydrogen-bond donors (Lipinski definition) is 0. The topological polar surface area (TPSA) is 76.6 Å². The van der Waals surface area contributed by atoms with E-state index < -0.39 is 27.6 Å². The summed E-state index contributed by atoms with van der Waals surface area (Å²) in [6.45, 7) is 7.39. The maximum Gasteiger partial charge on any atom is 0.324 e. The van der Waals surface area contributed by atoms with Gasteiger partial charge in [0.15, 0.2) is 4.21 Å². The average molecular weight is 332 g/mol. The lowest BCUT2D eigenvalue weighted by Crippen LogP contribution is -2.43. The van der Waals surface area contributed by atoms with Crippen molar-refractivity contribution in [3.63, 3.8) is 0 Å². The number of aromatic nitrogens is 1. The minimum atomic E-state index is -3.68. The van der Waals surface area contributed by atoms with E-state index in [0.29, 0.717) is 24.4 Å². The third-order valence-corrected chi connectivity index (χ3v) is 6.30. The van der Waals surface area contributed by atoms with Crippen molar-refractivity contribution >= 4 is 27.3 Å². The number of thiazole rings is 1. The van der Waals surface area contributed by atoms with E-state index in [1.54, 1.807) is 27.7 Å². The lowest BCUT2D eigenvalue weighted by molar-refractivity contribution is -0.158. The van der Waals surface area contributed by atoms with Gasteiger partial charge in [-0.2, -0.15) is 4.31 Å². The summed E-state index contributed by atoms with van der Waals surface area (Å²) in [5.74, 6) is -0.482. The standard InChI is InChI=1S/C13H20N2O4S2/c1-9-14-8-11(20-9)21(17,18)15-7-5-6-10(15)12(16)19-13(2,3)4/h8,10H,5-7H2,1-4H3/t10-/m1/s1. The van der Waals surface area contributed by atoms with Crippen LogP contribution in [0, 0.1) is 6.92 Å². The zero-order chi connectivity index (χ0) is 15.8. The van der Waals surface area contributed by atoms with Gasteiger partial charge in [-0.05, 0) is 40.5 Å². The second-order valence-electron chi connectivity index (χ2n) is 6.01. The van der Waals surface area contributed by atoms with Crippen LogP contribution in [0.2, 0.25) is 0 Å². The molecule has 1 aliphatic rings. The molecule has 0 radical (unpaired) electrons. The molecule has 6 nitrogen and oxygen atoms in total. The molecule has 0 spiro atoms. The van der Waals surface area contributed by atoms with Crippen molar-refractivity contribution < 1.29 is 17.9 Å². The Hall–Kier alpha value is -0.990. The molecule has 1 aromatic heterocycles. The molecule has 118 valence electrons. The molecule has 0 bridgehead atoms. The predicted octanol–water partition coefficient (Wildman–Crippen LogP) is 1.95. The summed E-state index contributed by atoms with van der Waals surface area (Å²) in [5.41, 5.74) is -0.629. The predicted molar refractivity (Wildman–Crippen MR) is 79.6 cm³/mol. The van der Waals surface area contributed by atoms with Gasteiger partial charge in [-0.15, -0.1) is 11.3 Å². The van der Waals surface area contributed by atoms with Gasteiger partial charge in [-0.3, -0.25) is 4.79 Å². The molecule has 0 unspecified atom stereocenters. The summed E-state index contributed by atoms with van der Waals surface area (Å²) >= 11 is 1.12. The van der Waals surface area contributed by atoms with Gasteiger partial charge >= 0.3 is 5.97 Å². The summed E-state index contributed by atoms with van der Waals surface area (Å²) in [6, 6.07) is -0.739. The Bertz CT molecular complexity index is 631. The summed E-state index contributed by atoms with van der Waals surface area (Å²) in [5, 5.41) is 0.682. The van der Waals surface area contributed by atoms with Crippen molar-refractivity contribution in [2.45, 2.75) is 56.4 Å². The van der Waals surface area contributed by atoms with E-state index in [0.717, 1.165) is 11.3 Å². The van der Waals surface area contributed by atoms with Crippen molar-refractivity contribution in [1.29, 1.82) is 0 Å². The van der Waals surface area contributed by atoms with Crippen LogP contribution in [-0.2, 0) is 19.6 Å². The first-order valence-corrected chi connectivity index (χ1v) is 9.04. The fourth-order valence-electron chi connectivity index (χ4n) is 2.21. The zero-order valence-electron chi connectivity index (χ0n) is 12.6. The SMILES string of the molecule is Cc1ncc(S(=O)(=O)N2CCC[C@@H]2C(=O)OC(C)(C)C)s1. The molecule has 0 amide bonds. The second kappa shape index (κ2) is 5.66. The van der Waals surface area contributed by atoms with Gasteiger partial charge in [-0.1, -0.05) is 0 Å². The zero-order valence-corrected chi connectivity index (χ0v) is 14.3. The van der Waals surface area contributed by atoms with Gasteiger partial charge in [0.2, 0.25) is 0 Å². The van der Waals surface area contributed by atoms with Crippen molar-refractivity contribution in [2.24, 2.45) is 0 Å². The van der Waals surface area contributed by atoms with Gasteiger partial charge < -0.3 is 4.74 Å². The van der Waals surface area contributed by atoms with Crippen molar-refractivity contribution in [3.05, 3.63) is 11.2 Å². The molecule has 1 aliphatic heterocycles. The van der Waals surface area contributed by atoms with Crippen LogP contribution in [-0.4, -0.2) is 41.9 Å². The Balaban J connectivity index is 2.24. The minimum Gasteiger partial charge on any atom is -0.459 e. The number of carbonyl (C=O) groups is 1. The fraction of sp³-hybridized carbons (Fsp3) is 0.692. The first kappa shape index (κ1) is 16.4. The van der Waals surface area contributed by atoms with E-state index in [1.807, 2.05) is 0 Å².